The molecule has 172 valence electrons. The standard InChI is InChI=1S/C27H34O4S/c1-3-5-7-8-16-21-25(31-27(28)23-17-12-9-13-18-23)26(22-11-6-4-2)32(29,30)24-19-14-10-15-20-24/h4,9-10,12-21,25-26H,2-3,5-8,11,22H2,1H3/b21-16+. The molecule has 32 heavy (non-hydrogen) atoms. The highest BCUT2D eigenvalue weighted by atomic mass is 32.2. The second-order valence-corrected chi connectivity index (χ2v) is 9.94. The molecule has 0 aromatic heterocycles. The van der Waals surface area contributed by atoms with Crippen molar-refractivity contribution < 1.29 is 17.9 Å². The number of ether oxygens (including phenoxy) is 1. The van der Waals surface area contributed by atoms with Crippen LogP contribution in [0.2, 0.25) is 0 Å². The van der Waals surface area contributed by atoms with Crippen LogP contribution in [0.5, 0.6) is 0 Å². The van der Waals surface area contributed by atoms with Crippen LogP contribution in [0.15, 0.2) is 90.4 Å². The number of allylic oxidation sites excluding steroid dienone is 2. The van der Waals surface area contributed by atoms with Crippen LogP contribution >= 0.6 is 0 Å². The van der Waals surface area contributed by atoms with E-state index >= 15 is 0 Å². The van der Waals surface area contributed by atoms with Gasteiger partial charge in [-0.3, -0.25) is 0 Å². The van der Waals surface area contributed by atoms with Gasteiger partial charge in [0.05, 0.1) is 10.5 Å². The number of carbonyl (C=O) groups is 1. The van der Waals surface area contributed by atoms with Gasteiger partial charge in [-0.2, -0.15) is 0 Å². The monoisotopic (exact) mass is 454 g/mol. The summed E-state index contributed by atoms with van der Waals surface area (Å²) in [5, 5.41) is -0.875. The minimum Gasteiger partial charge on any atom is -0.453 e. The lowest BCUT2D eigenvalue weighted by Crippen LogP contribution is -2.36. The first-order valence-electron chi connectivity index (χ1n) is 11.3. The second kappa shape index (κ2) is 13.7. The van der Waals surface area contributed by atoms with E-state index in [4.69, 9.17) is 4.74 Å². The van der Waals surface area contributed by atoms with Gasteiger partial charge in [0, 0.05) is 0 Å². The van der Waals surface area contributed by atoms with Crippen molar-refractivity contribution in [3.63, 3.8) is 0 Å². The molecule has 0 N–H and O–H groups in total. The van der Waals surface area contributed by atoms with Crippen LogP contribution in [0.3, 0.4) is 0 Å². The first kappa shape index (κ1) is 25.6. The normalized spacial score (nSPS) is 13.5. The molecular weight excluding hydrogens is 420 g/mol. The Bertz CT molecular complexity index is 950. The molecule has 2 unspecified atom stereocenters. The summed E-state index contributed by atoms with van der Waals surface area (Å²) in [7, 11) is -3.72. The Morgan fingerprint density at radius 3 is 2.25 bits per heavy atom. The van der Waals surface area contributed by atoms with Gasteiger partial charge in [-0.05, 0) is 62.4 Å². The summed E-state index contributed by atoms with van der Waals surface area (Å²) in [4.78, 5) is 13.1. The lowest BCUT2D eigenvalue weighted by Gasteiger charge is -2.25. The van der Waals surface area contributed by atoms with Gasteiger partial charge < -0.3 is 4.74 Å². The summed E-state index contributed by atoms with van der Waals surface area (Å²) in [6.45, 7) is 5.88. The average molecular weight is 455 g/mol. The van der Waals surface area contributed by atoms with Crippen LogP contribution in [0.1, 0.15) is 62.2 Å². The molecule has 0 saturated heterocycles. The van der Waals surface area contributed by atoms with Crippen molar-refractivity contribution >= 4 is 15.8 Å². The van der Waals surface area contributed by atoms with Crippen molar-refractivity contribution in [3.05, 3.63) is 91.0 Å². The highest BCUT2D eigenvalue weighted by Gasteiger charge is 2.35. The fourth-order valence-electron chi connectivity index (χ4n) is 3.49. The fourth-order valence-corrected chi connectivity index (χ4v) is 5.35. The molecule has 0 fully saturated rings. The van der Waals surface area contributed by atoms with E-state index in [0.29, 0.717) is 24.8 Å². The Morgan fingerprint density at radius 2 is 1.62 bits per heavy atom. The highest BCUT2D eigenvalue weighted by Crippen LogP contribution is 2.26. The molecule has 0 heterocycles. The summed E-state index contributed by atoms with van der Waals surface area (Å²) in [6.07, 6.45) is 10.3. The molecule has 4 nitrogen and oxygen atoms in total. The van der Waals surface area contributed by atoms with Crippen LogP contribution in [0.4, 0.5) is 0 Å². The Morgan fingerprint density at radius 1 is 0.969 bits per heavy atom. The summed E-state index contributed by atoms with van der Waals surface area (Å²) >= 11 is 0. The van der Waals surface area contributed by atoms with Crippen molar-refractivity contribution in [3.8, 4) is 0 Å². The van der Waals surface area contributed by atoms with Gasteiger partial charge in [-0.15, -0.1) is 6.58 Å². The van der Waals surface area contributed by atoms with Gasteiger partial charge in [-0.25, -0.2) is 13.2 Å². The third-order valence-electron chi connectivity index (χ3n) is 5.29. The molecule has 2 atom stereocenters. The number of hydrogen-bond donors (Lipinski definition) is 0. The zero-order valence-corrected chi connectivity index (χ0v) is 19.7. The number of unbranched alkanes of at least 4 members (excludes halogenated alkanes) is 4. The van der Waals surface area contributed by atoms with E-state index in [9.17, 15) is 13.2 Å². The van der Waals surface area contributed by atoms with Gasteiger partial charge in [0.1, 0.15) is 11.4 Å². The van der Waals surface area contributed by atoms with E-state index < -0.39 is 27.2 Å². The molecule has 2 aromatic rings. The largest absolute Gasteiger partial charge is 0.453 e. The van der Waals surface area contributed by atoms with Crippen molar-refractivity contribution in [2.75, 3.05) is 0 Å². The smallest absolute Gasteiger partial charge is 0.338 e. The van der Waals surface area contributed by atoms with E-state index in [-0.39, 0.29) is 4.90 Å². The third-order valence-corrected chi connectivity index (χ3v) is 7.52. The van der Waals surface area contributed by atoms with Gasteiger partial charge in [0.25, 0.3) is 0 Å². The van der Waals surface area contributed by atoms with Crippen LogP contribution in [-0.4, -0.2) is 25.7 Å². The van der Waals surface area contributed by atoms with Gasteiger partial charge in [0.15, 0.2) is 9.84 Å². The van der Waals surface area contributed by atoms with E-state index in [2.05, 4.69) is 13.5 Å². The summed E-state index contributed by atoms with van der Waals surface area (Å²) in [5.74, 6) is -0.522. The molecule has 0 bridgehead atoms. The predicted octanol–water partition coefficient (Wildman–Crippen LogP) is 6.55. The van der Waals surface area contributed by atoms with Crippen LogP contribution in [-0.2, 0) is 14.6 Å². The molecule has 0 spiro atoms. The summed E-state index contributed by atoms with van der Waals surface area (Å²) in [6, 6.07) is 17.1. The Kier molecular flexibility index (Phi) is 10.9. The van der Waals surface area contributed by atoms with E-state index in [1.165, 1.54) is 0 Å². The summed E-state index contributed by atoms with van der Waals surface area (Å²) < 4.78 is 33.0. The Hall–Kier alpha value is -2.66. The minimum atomic E-state index is -3.72. The molecule has 0 aliphatic rings. The van der Waals surface area contributed by atoms with Crippen molar-refractivity contribution in [2.45, 2.75) is 68.1 Å². The van der Waals surface area contributed by atoms with Crippen molar-refractivity contribution in [1.82, 2.24) is 0 Å². The Labute approximate surface area is 192 Å². The molecule has 2 rings (SSSR count). The Balaban J connectivity index is 2.37. The number of benzene rings is 2. The maximum atomic E-state index is 13.6. The molecule has 5 heteroatoms. The van der Waals surface area contributed by atoms with Gasteiger partial charge >= 0.3 is 5.97 Å². The molecule has 0 radical (unpaired) electrons. The minimum absolute atomic E-state index is 0.240. The summed E-state index contributed by atoms with van der Waals surface area (Å²) in [5.41, 5.74) is 0.402. The van der Waals surface area contributed by atoms with Crippen molar-refractivity contribution in [2.24, 2.45) is 0 Å². The molecule has 0 aliphatic heterocycles. The maximum absolute atomic E-state index is 13.6. The quantitative estimate of drug-likeness (QED) is 0.185. The van der Waals surface area contributed by atoms with Crippen LogP contribution in [0.25, 0.3) is 0 Å². The zero-order chi connectivity index (χ0) is 23.2. The number of sulfone groups is 1. The lowest BCUT2D eigenvalue weighted by atomic mass is 10.1. The van der Waals surface area contributed by atoms with Gasteiger partial charge in [0.2, 0.25) is 0 Å². The van der Waals surface area contributed by atoms with E-state index in [1.807, 2.05) is 12.1 Å². The predicted molar refractivity (Wildman–Crippen MR) is 130 cm³/mol. The average Bonchev–Trinajstić information content (AvgIpc) is 2.82. The molecule has 0 aliphatic carbocycles. The SMILES string of the molecule is C=CCCCC(C(/C=C/CCCCC)OC(=O)c1ccccc1)S(=O)(=O)c1ccccc1. The highest BCUT2D eigenvalue weighted by molar-refractivity contribution is 7.92. The van der Waals surface area contributed by atoms with E-state index in [0.717, 1.165) is 25.7 Å². The number of carbonyl (C=O) groups excluding carboxylic acids is 1. The number of esters is 1. The molecule has 0 amide bonds. The number of hydrogen-bond acceptors (Lipinski definition) is 4. The molecule has 2 aromatic carbocycles. The topological polar surface area (TPSA) is 60.4 Å². The molecule has 0 saturated carbocycles. The lowest BCUT2D eigenvalue weighted by molar-refractivity contribution is 0.0382. The van der Waals surface area contributed by atoms with Gasteiger partial charge in [-0.1, -0.05) is 68.3 Å². The first-order valence-corrected chi connectivity index (χ1v) is 12.9. The second-order valence-electron chi connectivity index (χ2n) is 7.78. The van der Waals surface area contributed by atoms with Crippen LogP contribution in [0, 0.1) is 0 Å². The molecular formula is C27H34O4S. The third kappa shape index (κ3) is 7.79. The first-order chi connectivity index (χ1) is 15.5. The number of rotatable bonds is 14. The fraction of sp³-hybridized carbons (Fsp3) is 0.370. The van der Waals surface area contributed by atoms with E-state index in [1.54, 1.807) is 66.7 Å². The zero-order valence-electron chi connectivity index (χ0n) is 18.9. The van der Waals surface area contributed by atoms with Crippen LogP contribution < -0.4 is 0 Å². The maximum Gasteiger partial charge on any atom is 0.338 e. The van der Waals surface area contributed by atoms with Crippen molar-refractivity contribution in [1.29, 1.82) is 0 Å².